The lowest BCUT2D eigenvalue weighted by Gasteiger charge is -2.33. The van der Waals surface area contributed by atoms with E-state index in [4.69, 9.17) is 9.47 Å². The summed E-state index contributed by atoms with van der Waals surface area (Å²) in [6.45, 7) is 0.640. The molecule has 0 spiro atoms. The summed E-state index contributed by atoms with van der Waals surface area (Å²) >= 11 is 0. The molecule has 3 aromatic rings. The van der Waals surface area contributed by atoms with E-state index in [1.54, 1.807) is 43.3 Å². The van der Waals surface area contributed by atoms with Crippen LogP contribution in [0.1, 0.15) is 38.2 Å². The zero-order chi connectivity index (χ0) is 30.3. The number of nitrogens with zero attached hydrogens (tertiary/aromatic N) is 2. The first-order chi connectivity index (χ1) is 20.1. The summed E-state index contributed by atoms with van der Waals surface area (Å²) in [6.07, 6.45) is 3.70. The van der Waals surface area contributed by atoms with Gasteiger partial charge in [0.25, 0.3) is 10.0 Å². The molecule has 4 rings (SSSR count). The highest BCUT2D eigenvalue weighted by Gasteiger charge is 2.35. The minimum absolute atomic E-state index is 0.00126. The molecule has 1 unspecified atom stereocenters. The molecule has 1 fully saturated rings. The van der Waals surface area contributed by atoms with Gasteiger partial charge < -0.3 is 19.7 Å². The molecule has 3 aromatic carbocycles. The Kier molecular flexibility index (Phi) is 10.1. The van der Waals surface area contributed by atoms with Crippen LogP contribution >= 0.6 is 0 Å². The smallest absolute Gasteiger partial charge is 0.264 e. The number of carbonyl (C=O) groups excluding carboxylic acids is 2. The van der Waals surface area contributed by atoms with E-state index in [9.17, 15) is 22.4 Å². The van der Waals surface area contributed by atoms with E-state index < -0.39 is 34.3 Å². The van der Waals surface area contributed by atoms with Crippen LogP contribution < -0.4 is 19.1 Å². The minimum Gasteiger partial charge on any atom is -0.497 e. The Labute approximate surface area is 246 Å². The second-order valence-electron chi connectivity index (χ2n) is 10.1. The number of ether oxygens (including phenoxy) is 2. The molecule has 0 bridgehead atoms. The molecule has 1 aliphatic rings. The molecule has 0 heterocycles. The van der Waals surface area contributed by atoms with Crippen molar-refractivity contribution >= 4 is 27.5 Å². The first-order valence-corrected chi connectivity index (χ1v) is 15.2. The summed E-state index contributed by atoms with van der Waals surface area (Å²) in [5.41, 5.74) is 0.269. The number of hydrogen-bond acceptors (Lipinski definition) is 6. The van der Waals surface area contributed by atoms with Crippen molar-refractivity contribution in [2.45, 2.75) is 56.1 Å². The average molecular weight is 598 g/mol. The molecule has 224 valence electrons. The maximum absolute atomic E-state index is 14.8. The molecule has 1 atom stereocenters. The van der Waals surface area contributed by atoms with Crippen molar-refractivity contribution in [1.82, 2.24) is 10.2 Å². The van der Waals surface area contributed by atoms with Crippen molar-refractivity contribution in [3.63, 3.8) is 0 Å². The standard InChI is InChI=1S/C31H36FN3O6S/c1-22(31(37)33-24-12-8-9-13-24)34(20-23-11-7-10-16-27(23)32)30(36)21-35(42(38,39)26-14-5-4-6-15-26)28-19-25(40-2)17-18-29(28)41-3/h4-7,10-11,14-19,22,24H,8-9,12-13,20-21H2,1-3H3,(H,33,37). The number of benzene rings is 3. The summed E-state index contributed by atoms with van der Waals surface area (Å²) in [5.74, 6) is -1.09. The van der Waals surface area contributed by atoms with Crippen molar-refractivity contribution in [2.24, 2.45) is 0 Å². The molecule has 1 saturated carbocycles. The van der Waals surface area contributed by atoms with Crippen LogP contribution in [0.25, 0.3) is 0 Å². The number of halogens is 1. The fourth-order valence-corrected chi connectivity index (χ4v) is 6.45. The maximum Gasteiger partial charge on any atom is 0.264 e. The van der Waals surface area contributed by atoms with Crippen LogP contribution in [0.2, 0.25) is 0 Å². The fraction of sp³-hybridized carbons (Fsp3) is 0.355. The third kappa shape index (κ3) is 7.02. The van der Waals surface area contributed by atoms with Crippen LogP contribution in [0.3, 0.4) is 0 Å². The predicted octanol–water partition coefficient (Wildman–Crippen LogP) is 4.51. The van der Waals surface area contributed by atoms with Crippen molar-refractivity contribution in [1.29, 1.82) is 0 Å². The van der Waals surface area contributed by atoms with Crippen LogP contribution in [0.4, 0.5) is 10.1 Å². The lowest BCUT2D eigenvalue weighted by Crippen LogP contribution is -2.52. The minimum atomic E-state index is -4.31. The number of amides is 2. The van der Waals surface area contributed by atoms with Gasteiger partial charge in [-0.1, -0.05) is 49.2 Å². The summed E-state index contributed by atoms with van der Waals surface area (Å²) in [7, 11) is -1.48. The van der Waals surface area contributed by atoms with Gasteiger partial charge >= 0.3 is 0 Å². The Balaban J connectivity index is 1.75. The van der Waals surface area contributed by atoms with Gasteiger partial charge in [-0.15, -0.1) is 0 Å². The molecular formula is C31H36FN3O6S. The van der Waals surface area contributed by atoms with Gasteiger partial charge in [0.05, 0.1) is 24.8 Å². The van der Waals surface area contributed by atoms with E-state index in [2.05, 4.69) is 5.32 Å². The quantitative estimate of drug-likeness (QED) is 0.329. The Morgan fingerprint density at radius 3 is 2.29 bits per heavy atom. The summed E-state index contributed by atoms with van der Waals surface area (Å²) < 4.78 is 54.5. The second kappa shape index (κ2) is 13.7. The molecular weight excluding hydrogens is 561 g/mol. The van der Waals surface area contributed by atoms with E-state index in [0.29, 0.717) is 5.75 Å². The van der Waals surface area contributed by atoms with Gasteiger partial charge in [0, 0.05) is 24.2 Å². The van der Waals surface area contributed by atoms with Gasteiger partial charge in [0.2, 0.25) is 11.8 Å². The summed E-state index contributed by atoms with van der Waals surface area (Å²) in [5, 5.41) is 2.99. The highest BCUT2D eigenvalue weighted by Crippen LogP contribution is 2.36. The largest absolute Gasteiger partial charge is 0.497 e. The Hall–Kier alpha value is -4.12. The number of anilines is 1. The summed E-state index contributed by atoms with van der Waals surface area (Å²) in [4.78, 5) is 28.6. The van der Waals surface area contributed by atoms with Crippen LogP contribution in [-0.2, 0) is 26.2 Å². The third-order valence-corrected chi connectivity index (χ3v) is 9.21. The van der Waals surface area contributed by atoms with E-state index in [0.717, 1.165) is 30.0 Å². The predicted molar refractivity (Wildman–Crippen MR) is 157 cm³/mol. The van der Waals surface area contributed by atoms with Crippen molar-refractivity contribution < 1.29 is 31.9 Å². The van der Waals surface area contributed by atoms with Gasteiger partial charge in [-0.2, -0.15) is 0 Å². The molecule has 0 aliphatic heterocycles. The Bertz CT molecular complexity index is 1500. The first-order valence-electron chi connectivity index (χ1n) is 13.8. The number of nitrogens with one attached hydrogen (secondary N) is 1. The third-order valence-electron chi connectivity index (χ3n) is 7.43. The monoisotopic (exact) mass is 597 g/mol. The van der Waals surface area contributed by atoms with E-state index in [-0.39, 0.29) is 40.4 Å². The molecule has 42 heavy (non-hydrogen) atoms. The molecule has 0 saturated heterocycles. The molecule has 0 radical (unpaired) electrons. The zero-order valence-corrected chi connectivity index (χ0v) is 24.8. The van der Waals surface area contributed by atoms with E-state index >= 15 is 0 Å². The number of rotatable bonds is 12. The number of sulfonamides is 1. The average Bonchev–Trinajstić information content (AvgIpc) is 3.52. The first kappa shape index (κ1) is 30.8. The van der Waals surface area contributed by atoms with Crippen molar-refractivity contribution in [2.75, 3.05) is 25.1 Å². The lowest BCUT2D eigenvalue weighted by atomic mass is 10.1. The molecule has 1 N–H and O–H groups in total. The van der Waals surface area contributed by atoms with Crippen molar-refractivity contribution in [3.8, 4) is 11.5 Å². The topological polar surface area (TPSA) is 105 Å². The Morgan fingerprint density at radius 2 is 1.64 bits per heavy atom. The second-order valence-corrected chi connectivity index (χ2v) is 12.0. The Morgan fingerprint density at radius 1 is 0.976 bits per heavy atom. The van der Waals surface area contributed by atoms with Crippen LogP contribution in [0.5, 0.6) is 11.5 Å². The molecule has 11 heteroatoms. The highest BCUT2D eigenvalue weighted by molar-refractivity contribution is 7.92. The van der Waals surface area contributed by atoms with Crippen LogP contribution in [-0.4, -0.2) is 58.0 Å². The molecule has 1 aliphatic carbocycles. The van der Waals surface area contributed by atoms with Gasteiger partial charge in [0.1, 0.15) is 29.9 Å². The van der Waals surface area contributed by atoms with Gasteiger partial charge in [-0.25, -0.2) is 12.8 Å². The normalized spacial score (nSPS) is 14.2. The van der Waals surface area contributed by atoms with Gasteiger partial charge in [-0.05, 0) is 50.1 Å². The van der Waals surface area contributed by atoms with E-state index in [1.165, 1.54) is 55.5 Å². The van der Waals surface area contributed by atoms with Crippen LogP contribution in [0, 0.1) is 5.82 Å². The number of methoxy groups -OCH3 is 2. The number of carbonyl (C=O) groups is 2. The number of hydrogen-bond donors (Lipinski definition) is 1. The molecule has 9 nitrogen and oxygen atoms in total. The summed E-state index contributed by atoms with van der Waals surface area (Å²) in [6, 6.07) is 17.3. The molecule has 2 amide bonds. The zero-order valence-electron chi connectivity index (χ0n) is 24.0. The SMILES string of the molecule is COc1ccc(OC)c(N(CC(=O)N(Cc2ccccc2F)C(C)C(=O)NC2CCCC2)S(=O)(=O)c2ccccc2)c1. The van der Waals surface area contributed by atoms with Crippen LogP contribution in [0.15, 0.2) is 77.7 Å². The maximum atomic E-state index is 14.8. The van der Waals surface area contributed by atoms with Crippen molar-refractivity contribution in [3.05, 3.63) is 84.2 Å². The highest BCUT2D eigenvalue weighted by atomic mass is 32.2. The lowest BCUT2D eigenvalue weighted by molar-refractivity contribution is -0.139. The van der Waals surface area contributed by atoms with E-state index in [1.807, 2.05) is 0 Å². The van der Waals surface area contributed by atoms with Gasteiger partial charge in [-0.3, -0.25) is 13.9 Å². The molecule has 0 aromatic heterocycles. The van der Waals surface area contributed by atoms with Gasteiger partial charge in [0.15, 0.2) is 0 Å². The fourth-order valence-electron chi connectivity index (χ4n) is 5.01.